The van der Waals surface area contributed by atoms with Crippen molar-refractivity contribution in [2.75, 3.05) is 18.1 Å². The van der Waals surface area contributed by atoms with E-state index >= 15 is 0 Å². The van der Waals surface area contributed by atoms with Gasteiger partial charge in [-0.3, -0.25) is 14.5 Å². The third-order valence-corrected chi connectivity index (χ3v) is 7.28. The van der Waals surface area contributed by atoms with Crippen molar-refractivity contribution in [2.24, 2.45) is 0 Å². The zero-order valence-corrected chi connectivity index (χ0v) is 22.6. The predicted octanol–water partition coefficient (Wildman–Crippen LogP) is 5.78. The number of halogens is 1. The average molecular weight is 553 g/mol. The first kappa shape index (κ1) is 27.1. The average Bonchev–Trinajstić information content (AvgIpc) is 3.40. The number of hydrogen-bond donors (Lipinski definition) is 1. The van der Waals surface area contributed by atoms with Crippen LogP contribution in [0.4, 0.5) is 5.13 Å². The highest BCUT2D eigenvalue weighted by Gasteiger charge is 2.48. The molecule has 1 fully saturated rings. The van der Waals surface area contributed by atoms with Crippen molar-refractivity contribution in [3.63, 3.8) is 0 Å². The second-order valence-electron chi connectivity index (χ2n) is 8.43. The summed E-state index contributed by atoms with van der Waals surface area (Å²) in [5.41, 5.74) is 1.88. The van der Waals surface area contributed by atoms with Gasteiger partial charge >= 0.3 is 11.9 Å². The van der Waals surface area contributed by atoms with Gasteiger partial charge in [0, 0.05) is 10.6 Å². The van der Waals surface area contributed by atoms with Gasteiger partial charge in [-0.15, -0.1) is 0 Å². The van der Waals surface area contributed by atoms with E-state index in [2.05, 4.69) is 11.6 Å². The van der Waals surface area contributed by atoms with Crippen LogP contribution >= 0.6 is 22.9 Å². The molecule has 2 aromatic carbocycles. The van der Waals surface area contributed by atoms with Gasteiger partial charge in [0.15, 0.2) is 5.13 Å². The fourth-order valence-electron chi connectivity index (χ4n) is 4.13. The van der Waals surface area contributed by atoms with Crippen molar-refractivity contribution in [1.29, 1.82) is 0 Å². The van der Waals surface area contributed by atoms with Crippen LogP contribution < -0.4 is 9.64 Å². The quantitative estimate of drug-likeness (QED) is 0.124. The van der Waals surface area contributed by atoms with Crippen LogP contribution in [-0.2, 0) is 14.3 Å². The first-order chi connectivity index (χ1) is 18.2. The molecule has 196 valence electrons. The lowest BCUT2D eigenvalue weighted by Gasteiger charge is -2.23. The van der Waals surface area contributed by atoms with E-state index in [1.807, 2.05) is 13.8 Å². The van der Waals surface area contributed by atoms with Crippen LogP contribution in [0.15, 0.2) is 60.7 Å². The maximum Gasteiger partial charge on any atom is 0.350 e. The fourth-order valence-corrected chi connectivity index (χ4v) is 5.25. The second kappa shape index (κ2) is 11.2. The van der Waals surface area contributed by atoms with Crippen molar-refractivity contribution >= 4 is 51.5 Å². The lowest BCUT2D eigenvalue weighted by atomic mass is 9.95. The lowest BCUT2D eigenvalue weighted by molar-refractivity contribution is -0.132. The summed E-state index contributed by atoms with van der Waals surface area (Å²) < 4.78 is 10.7. The molecule has 1 saturated heterocycles. The number of aliphatic hydroxyl groups is 1. The normalized spacial score (nSPS) is 16.5. The molecule has 0 unspecified atom stereocenters. The summed E-state index contributed by atoms with van der Waals surface area (Å²) in [6.45, 7) is 9.32. The van der Waals surface area contributed by atoms with Gasteiger partial charge in [0.1, 0.15) is 23.0 Å². The molecule has 0 spiro atoms. The number of esters is 1. The van der Waals surface area contributed by atoms with E-state index in [1.54, 1.807) is 49.4 Å². The fraction of sp³-hybridized carbons (Fsp3) is 0.214. The molecular weight excluding hydrogens is 528 g/mol. The summed E-state index contributed by atoms with van der Waals surface area (Å²) in [4.78, 5) is 45.1. The van der Waals surface area contributed by atoms with Crippen LogP contribution in [-0.4, -0.2) is 41.0 Å². The molecule has 1 amide bonds. The molecule has 1 aliphatic heterocycles. The molecule has 8 nitrogen and oxygen atoms in total. The minimum atomic E-state index is -1.01. The molecule has 4 rings (SSSR count). The Kier molecular flexibility index (Phi) is 7.99. The topological polar surface area (TPSA) is 106 Å². The van der Waals surface area contributed by atoms with Crippen molar-refractivity contribution in [3.8, 4) is 5.75 Å². The van der Waals surface area contributed by atoms with Crippen LogP contribution in [0.25, 0.3) is 5.76 Å². The first-order valence-electron chi connectivity index (χ1n) is 11.7. The van der Waals surface area contributed by atoms with Crippen LogP contribution in [0.5, 0.6) is 5.75 Å². The maximum absolute atomic E-state index is 13.4. The number of Topliss-reactive ketones (excluding diaryl/α,β-unsaturated/α-hetero) is 1. The SMILES string of the molecule is C=CCOC(=O)c1sc(N2C(=O)C(=O)C(=C(O)c3ccc(OCC)c(C)c3)[C@H]2c2ccc(Cl)cc2)nc1C. The van der Waals surface area contributed by atoms with Crippen molar-refractivity contribution < 1.29 is 29.0 Å². The Morgan fingerprint density at radius 2 is 1.92 bits per heavy atom. The molecule has 0 bridgehead atoms. The maximum atomic E-state index is 13.4. The van der Waals surface area contributed by atoms with Gasteiger partial charge in [-0.1, -0.05) is 47.7 Å². The summed E-state index contributed by atoms with van der Waals surface area (Å²) in [6.07, 6.45) is 1.44. The minimum absolute atomic E-state index is 0.0162. The molecule has 2 heterocycles. The van der Waals surface area contributed by atoms with E-state index in [0.717, 1.165) is 16.9 Å². The molecule has 10 heteroatoms. The number of ketones is 1. The number of ether oxygens (including phenoxy) is 2. The van der Waals surface area contributed by atoms with E-state index in [-0.39, 0.29) is 27.9 Å². The molecule has 0 aliphatic carbocycles. The monoisotopic (exact) mass is 552 g/mol. The molecule has 0 radical (unpaired) electrons. The number of benzene rings is 2. The van der Waals surface area contributed by atoms with E-state index in [4.69, 9.17) is 21.1 Å². The molecule has 0 saturated carbocycles. The van der Waals surface area contributed by atoms with Gasteiger partial charge in [0.25, 0.3) is 5.78 Å². The van der Waals surface area contributed by atoms with Gasteiger partial charge in [-0.2, -0.15) is 0 Å². The Bertz CT molecular complexity index is 1460. The Labute approximate surface area is 228 Å². The van der Waals surface area contributed by atoms with E-state index < -0.39 is 23.7 Å². The third-order valence-electron chi connectivity index (χ3n) is 5.89. The molecule has 3 aromatic rings. The number of amides is 1. The van der Waals surface area contributed by atoms with E-state index in [1.165, 1.54) is 11.0 Å². The van der Waals surface area contributed by atoms with Crippen LogP contribution in [0.2, 0.25) is 5.02 Å². The number of rotatable bonds is 8. The van der Waals surface area contributed by atoms with E-state index in [0.29, 0.717) is 34.2 Å². The lowest BCUT2D eigenvalue weighted by Crippen LogP contribution is -2.29. The number of anilines is 1. The van der Waals surface area contributed by atoms with Gasteiger partial charge in [-0.05, 0) is 62.2 Å². The summed E-state index contributed by atoms with van der Waals surface area (Å²) in [7, 11) is 0. The number of thiazole rings is 1. The molecule has 1 N–H and O–H groups in total. The third kappa shape index (κ3) is 5.07. The van der Waals surface area contributed by atoms with Crippen LogP contribution in [0, 0.1) is 13.8 Å². The van der Waals surface area contributed by atoms with Gasteiger partial charge < -0.3 is 14.6 Å². The Morgan fingerprint density at radius 1 is 1.21 bits per heavy atom. The Hall–Kier alpha value is -3.95. The zero-order valence-electron chi connectivity index (χ0n) is 21.0. The number of carbonyl (C=O) groups is 3. The standard InChI is InChI=1S/C28H25ClN2O6S/c1-5-13-37-27(35)25-16(4)30-28(38-25)31-22(17-7-10-19(29)11-8-17)21(24(33)26(31)34)23(32)18-9-12-20(36-6-2)15(3)14-18/h5,7-12,14,22,32H,1,6,13H2,2-4H3/t22-/m1/s1. The second-order valence-corrected chi connectivity index (χ2v) is 9.85. The molecular formula is C28H25ClN2O6S. The summed E-state index contributed by atoms with van der Waals surface area (Å²) in [6, 6.07) is 10.6. The highest BCUT2D eigenvalue weighted by molar-refractivity contribution is 7.17. The molecule has 38 heavy (non-hydrogen) atoms. The summed E-state index contributed by atoms with van der Waals surface area (Å²) in [5, 5.41) is 11.9. The van der Waals surface area contributed by atoms with Crippen molar-refractivity contribution in [3.05, 3.63) is 93.0 Å². The van der Waals surface area contributed by atoms with Gasteiger partial charge in [0.05, 0.1) is 23.9 Å². The summed E-state index contributed by atoms with van der Waals surface area (Å²) >= 11 is 7.02. The largest absolute Gasteiger partial charge is 0.507 e. The number of aliphatic hydroxyl groups excluding tert-OH is 1. The molecule has 1 aromatic heterocycles. The van der Waals surface area contributed by atoms with Crippen LogP contribution in [0.3, 0.4) is 0 Å². The molecule has 1 atom stereocenters. The zero-order chi connectivity index (χ0) is 27.6. The summed E-state index contributed by atoms with van der Waals surface area (Å²) in [5.74, 6) is -2.06. The van der Waals surface area contributed by atoms with Gasteiger partial charge in [-0.25, -0.2) is 9.78 Å². The minimum Gasteiger partial charge on any atom is -0.507 e. The smallest absolute Gasteiger partial charge is 0.350 e. The van der Waals surface area contributed by atoms with Crippen molar-refractivity contribution in [1.82, 2.24) is 4.98 Å². The van der Waals surface area contributed by atoms with Crippen LogP contribution in [0.1, 0.15) is 45.0 Å². The highest BCUT2D eigenvalue weighted by atomic mass is 35.5. The van der Waals surface area contributed by atoms with Gasteiger partial charge in [0.2, 0.25) is 0 Å². The predicted molar refractivity (Wildman–Crippen MR) is 146 cm³/mol. The number of carbonyl (C=O) groups excluding carboxylic acids is 3. The molecule has 1 aliphatic rings. The first-order valence-corrected chi connectivity index (χ1v) is 12.9. The Balaban J connectivity index is 1.87. The number of aryl methyl sites for hydroxylation is 2. The number of nitrogens with zero attached hydrogens (tertiary/aromatic N) is 2. The highest BCUT2D eigenvalue weighted by Crippen LogP contribution is 2.44. The Morgan fingerprint density at radius 3 is 2.55 bits per heavy atom. The van der Waals surface area contributed by atoms with E-state index in [9.17, 15) is 19.5 Å². The number of hydrogen-bond acceptors (Lipinski definition) is 8. The van der Waals surface area contributed by atoms with Crippen molar-refractivity contribution in [2.45, 2.75) is 26.8 Å². The number of aromatic nitrogens is 1.